The van der Waals surface area contributed by atoms with Crippen LogP contribution in [0.5, 0.6) is 0 Å². The van der Waals surface area contributed by atoms with Gasteiger partial charge in [0.2, 0.25) is 0 Å². The van der Waals surface area contributed by atoms with E-state index in [1.165, 1.54) is 22.5 Å². The standard InChI is InChI=1S/C13H19FN4O2/c1-9(14)6-4-5-7-18-12(19)10-11(15-8-16(10)2)17(3)13(18)20/h8-9H,4-7H2,1-3H3/t9-/m0/s1/i1D3,6D2. The Morgan fingerprint density at radius 3 is 2.90 bits per heavy atom. The number of nitrogens with zero attached hydrogens (tertiary/aromatic N) is 4. The van der Waals surface area contributed by atoms with Gasteiger partial charge in [-0.2, -0.15) is 0 Å². The molecule has 0 aromatic carbocycles. The Balaban J connectivity index is 2.26. The first-order chi connectivity index (χ1) is 11.4. The van der Waals surface area contributed by atoms with Crippen LogP contribution >= 0.6 is 0 Å². The first-order valence-corrected chi connectivity index (χ1v) is 6.13. The summed E-state index contributed by atoms with van der Waals surface area (Å²) < 4.78 is 53.5. The highest BCUT2D eigenvalue weighted by molar-refractivity contribution is 5.69. The Bertz CT molecular complexity index is 899. The SMILES string of the molecule is [2H]C([2H])([2H])[C@H](F)C([2H])([2H])CCCn1c(=O)c2c(ncn2C)n(C)c1=O. The number of imidazole rings is 1. The van der Waals surface area contributed by atoms with Gasteiger partial charge in [-0.15, -0.1) is 0 Å². The Hall–Kier alpha value is -1.92. The molecule has 0 N–H and O–H groups in total. The Morgan fingerprint density at radius 2 is 2.20 bits per heavy atom. The van der Waals surface area contributed by atoms with Gasteiger partial charge in [-0.1, -0.05) is 0 Å². The summed E-state index contributed by atoms with van der Waals surface area (Å²) >= 11 is 0. The molecule has 6 nitrogen and oxygen atoms in total. The van der Waals surface area contributed by atoms with E-state index in [1.807, 2.05) is 0 Å². The molecule has 0 spiro atoms. The fourth-order valence-electron chi connectivity index (χ4n) is 2.06. The second-order valence-electron chi connectivity index (χ2n) is 4.50. The van der Waals surface area contributed by atoms with Gasteiger partial charge in [-0.3, -0.25) is 13.9 Å². The Kier molecular flexibility index (Phi) is 2.55. The fourth-order valence-corrected chi connectivity index (χ4v) is 2.06. The molecule has 0 aliphatic rings. The highest BCUT2D eigenvalue weighted by atomic mass is 19.1. The van der Waals surface area contributed by atoms with Crippen LogP contribution in [0.3, 0.4) is 0 Å². The van der Waals surface area contributed by atoms with Crippen LogP contribution in [-0.2, 0) is 20.6 Å². The summed E-state index contributed by atoms with van der Waals surface area (Å²) in [6.45, 7) is -3.22. The van der Waals surface area contributed by atoms with Crippen LogP contribution < -0.4 is 11.2 Å². The van der Waals surface area contributed by atoms with E-state index in [2.05, 4.69) is 4.98 Å². The number of alkyl halides is 1. The number of rotatable bonds is 5. The molecule has 7 heteroatoms. The van der Waals surface area contributed by atoms with Crippen molar-refractivity contribution < 1.29 is 11.2 Å². The molecule has 2 heterocycles. The normalized spacial score (nSPS) is 18.1. The minimum Gasteiger partial charge on any atom is -0.328 e. The van der Waals surface area contributed by atoms with Crippen molar-refractivity contribution in [3.05, 3.63) is 27.2 Å². The van der Waals surface area contributed by atoms with Gasteiger partial charge in [0.1, 0.15) is 0 Å². The molecule has 0 fully saturated rings. The third-order valence-corrected chi connectivity index (χ3v) is 3.08. The molecule has 0 bridgehead atoms. The second kappa shape index (κ2) is 5.60. The molecule has 1 atom stereocenters. The topological polar surface area (TPSA) is 61.8 Å². The van der Waals surface area contributed by atoms with E-state index in [0.717, 1.165) is 4.57 Å². The molecule has 20 heavy (non-hydrogen) atoms. The van der Waals surface area contributed by atoms with Crippen LogP contribution in [0.25, 0.3) is 11.2 Å². The summed E-state index contributed by atoms with van der Waals surface area (Å²) in [6, 6.07) is 0. The number of aryl methyl sites for hydroxylation is 2. The largest absolute Gasteiger partial charge is 0.332 e. The average molecular weight is 287 g/mol. The van der Waals surface area contributed by atoms with Gasteiger partial charge < -0.3 is 4.57 Å². The van der Waals surface area contributed by atoms with Crippen molar-refractivity contribution in [1.29, 1.82) is 0 Å². The van der Waals surface area contributed by atoms with Crippen molar-refractivity contribution in [2.45, 2.75) is 38.8 Å². The lowest BCUT2D eigenvalue weighted by molar-refractivity contribution is 0.328. The lowest BCUT2D eigenvalue weighted by atomic mass is 10.2. The minimum atomic E-state index is -3.07. The highest BCUT2D eigenvalue weighted by Gasteiger charge is 2.14. The fraction of sp³-hybridized carbons (Fsp3) is 0.615. The molecule has 110 valence electrons. The second-order valence-corrected chi connectivity index (χ2v) is 4.50. The molecular weight excluding hydrogens is 263 g/mol. The zero-order valence-electron chi connectivity index (χ0n) is 16.3. The van der Waals surface area contributed by atoms with Crippen LogP contribution in [0.15, 0.2) is 15.9 Å². The zero-order chi connectivity index (χ0) is 19.2. The van der Waals surface area contributed by atoms with Gasteiger partial charge in [0, 0.05) is 27.5 Å². The highest BCUT2D eigenvalue weighted by Crippen LogP contribution is 2.06. The first-order valence-electron chi connectivity index (χ1n) is 8.63. The van der Waals surface area contributed by atoms with Crippen molar-refractivity contribution in [1.82, 2.24) is 18.7 Å². The number of hydrogen-bond donors (Lipinski definition) is 0. The summed E-state index contributed by atoms with van der Waals surface area (Å²) in [5.41, 5.74) is -0.748. The third kappa shape index (κ3) is 2.52. The van der Waals surface area contributed by atoms with Crippen molar-refractivity contribution in [3.8, 4) is 0 Å². The average Bonchev–Trinajstić information content (AvgIpc) is 2.88. The van der Waals surface area contributed by atoms with E-state index >= 15 is 0 Å². The van der Waals surface area contributed by atoms with Crippen LogP contribution in [-0.4, -0.2) is 24.9 Å². The molecule has 2 aromatic rings. The molecule has 0 saturated carbocycles. The van der Waals surface area contributed by atoms with Gasteiger partial charge in [0.15, 0.2) is 11.2 Å². The van der Waals surface area contributed by atoms with Crippen molar-refractivity contribution in [2.24, 2.45) is 14.1 Å². The molecule has 0 aliphatic heterocycles. The van der Waals surface area contributed by atoms with Crippen LogP contribution in [0, 0.1) is 0 Å². The predicted octanol–water partition coefficient (Wildman–Crippen LogP) is 0.962. The van der Waals surface area contributed by atoms with Crippen LogP contribution in [0.4, 0.5) is 4.39 Å². The zero-order valence-corrected chi connectivity index (χ0v) is 11.3. The molecule has 0 radical (unpaired) electrons. The Morgan fingerprint density at radius 1 is 1.45 bits per heavy atom. The number of fused-ring (bicyclic) bond motifs is 1. The maximum atomic E-state index is 13.8. The lowest BCUT2D eigenvalue weighted by Crippen LogP contribution is -2.39. The van der Waals surface area contributed by atoms with Gasteiger partial charge in [0.05, 0.1) is 12.5 Å². The third-order valence-electron chi connectivity index (χ3n) is 3.08. The monoisotopic (exact) mass is 287 g/mol. The van der Waals surface area contributed by atoms with Gasteiger partial charge >= 0.3 is 5.69 Å². The predicted molar refractivity (Wildman–Crippen MR) is 74.6 cm³/mol. The summed E-state index contributed by atoms with van der Waals surface area (Å²) in [5.74, 6) is 0. The summed E-state index contributed by atoms with van der Waals surface area (Å²) in [7, 11) is 3.06. The van der Waals surface area contributed by atoms with Crippen LogP contribution in [0.2, 0.25) is 0 Å². The van der Waals surface area contributed by atoms with E-state index in [1.54, 1.807) is 7.05 Å². The molecule has 2 rings (SSSR count). The number of aromatic nitrogens is 4. The summed E-state index contributed by atoms with van der Waals surface area (Å²) in [6.07, 6.45) is -4.33. The Labute approximate surface area is 122 Å². The van der Waals surface area contributed by atoms with E-state index in [4.69, 9.17) is 6.85 Å². The van der Waals surface area contributed by atoms with Crippen molar-refractivity contribution in [3.63, 3.8) is 0 Å². The van der Waals surface area contributed by atoms with E-state index in [9.17, 15) is 14.0 Å². The lowest BCUT2D eigenvalue weighted by Gasteiger charge is -2.08. The molecular formula is C13H19FN4O2. The molecule has 0 unspecified atom stereocenters. The van der Waals surface area contributed by atoms with E-state index < -0.39 is 37.1 Å². The molecule has 0 amide bonds. The van der Waals surface area contributed by atoms with E-state index in [-0.39, 0.29) is 24.1 Å². The maximum Gasteiger partial charge on any atom is 0.332 e. The smallest absolute Gasteiger partial charge is 0.328 e. The van der Waals surface area contributed by atoms with E-state index in [0.29, 0.717) is 0 Å². The van der Waals surface area contributed by atoms with Gasteiger partial charge in [-0.05, 0) is 26.1 Å². The quantitative estimate of drug-likeness (QED) is 0.823. The molecule has 2 aromatic heterocycles. The summed E-state index contributed by atoms with van der Waals surface area (Å²) in [5, 5.41) is 0. The first kappa shape index (κ1) is 9.10. The number of hydrogen-bond acceptors (Lipinski definition) is 3. The molecule has 0 saturated heterocycles. The molecule has 0 aliphatic carbocycles. The van der Waals surface area contributed by atoms with Gasteiger partial charge in [0.25, 0.3) is 5.56 Å². The minimum absolute atomic E-state index is 0.0675. The maximum absolute atomic E-state index is 13.8. The summed E-state index contributed by atoms with van der Waals surface area (Å²) in [4.78, 5) is 28.7. The van der Waals surface area contributed by atoms with Crippen LogP contribution in [0.1, 0.15) is 32.9 Å². The number of halogens is 1. The van der Waals surface area contributed by atoms with Gasteiger partial charge in [-0.25, -0.2) is 14.2 Å². The van der Waals surface area contributed by atoms with Crippen molar-refractivity contribution in [2.75, 3.05) is 0 Å². The van der Waals surface area contributed by atoms with Crippen molar-refractivity contribution >= 4 is 11.2 Å².